The zero-order valence-electron chi connectivity index (χ0n) is 17.2. The van der Waals surface area contributed by atoms with E-state index in [0.29, 0.717) is 21.9 Å². The summed E-state index contributed by atoms with van der Waals surface area (Å²) in [5.74, 6) is 0.125. The highest BCUT2D eigenvalue weighted by Gasteiger charge is 2.28. The number of para-hydroxylation sites is 1. The van der Waals surface area contributed by atoms with Crippen LogP contribution in [0.5, 0.6) is 11.5 Å². The lowest BCUT2D eigenvalue weighted by atomic mass is 10.1. The Morgan fingerprint density at radius 2 is 1.94 bits per heavy atom. The lowest BCUT2D eigenvalue weighted by Crippen LogP contribution is -2.08. The van der Waals surface area contributed by atoms with E-state index in [1.54, 1.807) is 42.5 Å². The summed E-state index contributed by atoms with van der Waals surface area (Å²) in [5.41, 5.74) is 2.77. The van der Waals surface area contributed by atoms with Crippen LogP contribution in [0.25, 0.3) is 17.0 Å². The molecule has 0 radical (unpaired) electrons. The fraction of sp³-hybridized carbons (Fsp3) is 0.0769. The van der Waals surface area contributed by atoms with E-state index in [0.717, 1.165) is 23.0 Å². The van der Waals surface area contributed by atoms with E-state index in [4.69, 9.17) is 21.1 Å². The minimum atomic E-state index is -0.542. The van der Waals surface area contributed by atoms with Crippen molar-refractivity contribution in [3.8, 4) is 11.5 Å². The highest BCUT2D eigenvalue weighted by atomic mass is 35.5. The quantitative estimate of drug-likeness (QED) is 0.215. The van der Waals surface area contributed by atoms with E-state index in [1.165, 1.54) is 6.07 Å². The summed E-state index contributed by atoms with van der Waals surface area (Å²) in [6.07, 6.45) is 3.77. The van der Waals surface area contributed by atoms with Crippen LogP contribution >= 0.6 is 11.6 Å². The van der Waals surface area contributed by atoms with E-state index in [2.05, 4.69) is 11.5 Å². The van der Waals surface area contributed by atoms with Gasteiger partial charge in [0.15, 0.2) is 5.76 Å². The van der Waals surface area contributed by atoms with Gasteiger partial charge in [0.1, 0.15) is 11.5 Å². The van der Waals surface area contributed by atoms with Gasteiger partial charge in [-0.15, -0.1) is 0 Å². The number of benzene rings is 3. The average molecular weight is 444 g/mol. The van der Waals surface area contributed by atoms with Gasteiger partial charge in [0.2, 0.25) is 5.78 Å². The molecule has 0 N–H and O–H groups in total. The number of halogens is 1. The molecule has 3 aromatic carbocycles. The molecule has 0 saturated carbocycles. The Morgan fingerprint density at radius 1 is 1.09 bits per heavy atom. The van der Waals surface area contributed by atoms with Crippen LogP contribution in [-0.2, 0) is 6.54 Å². The van der Waals surface area contributed by atoms with Crippen LogP contribution in [0.1, 0.15) is 33.2 Å². The van der Waals surface area contributed by atoms with Crippen molar-refractivity contribution in [3.05, 3.63) is 100 Å². The van der Waals surface area contributed by atoms with Crippen molar-refractivity contribution in [2.75, 3.05) is 0 Å². The minimum Gasteiger partial charge on any atom is -0.452 e. The Kier molecular flexibility index (Phi) is 5.04. The number of allylic oxidation sites excluding steroid dienone is 1. The van der Waals surface area contributed by atoms with E-state index in [9.17, 15) is 9.59 Å². The lowest BCUT2D eigenvalue weighted by Gasteiger charge is -2.06. The van der Waals surface area contributed by atoms with Gasteiger partial charge in [-0.25, -0.2) is 4.79 Å². The van der Waals surface area contributed by atoms with Gasteiger partial charge in [0, 0.05) is 40.3 Å². The van der Waals surface area contributed by atoms with Gasteiger partial charge in [0.05, 0.1) is 11.1 Å². The van der Waals surface area contributed by atoms with Crippen molar-refractivity contribution >= 4 is 40.3 Å². The molecule has 6 heteroatoms. The molecule has 0 atom stereocenters. The number of ether oxygens (including phenoxy) is 2. The third-order valence-electron chi connectivity index (χ3n) is 5.36. The zero-order valence-corrected chi connectivity index (χ0v) is 17.9. The minimum absolute atomic E-state index is 0.207. The first kappa shape index (κ1) is 20.1. The molecule has 4 aromatic rings. The van der Waals surface area contributed by atoms with Gasteiger partial charge in [-0.1, -0.05) is 35.9 Å². The maximum Gasteiger partial charge on any atom is 0.343 e. The molecule has 0 amide bonds. The number of aromatic nitrogens is 1. The molecule has 0 bridgehead atoms. The van der Waals surface area contributed by atoms with Crippen LogP contribution in [0.4, 0.5) is 0 Å². The lowest BCUT2D eigenvalue weighted by molar-refractivity contribution is 0.0734. The van der Waals surface area contributed by atoms with Crippen LogP contribution in [0.2, 0.25) is 5.02 Å². The standard InChI is InChI=1S/C26H18ClNO4/c1-2-28-15-17(20-8-3-4-9-22(20)28)13-24-25(29)21-11-10-19(14-23(21)32-24)31-26(30)16-6-5-7-18(27)12-16/h3-15H,2H2,1H3/b24-13-. The van der Waals surface area contributed by atoms with Crippen molar-refractivity contribution in [1.82, 2.24) is 4.57 Å². The van der Waals surface area contributed by atoms with Gasteiger partial charge in [-0.05, 0) is 49.4 Å². The maximum atomic E-state index is 12.9. The van der Waals surface area contributed by atoms with Crippen molar-refractivity contribution < 1.29 is 19.1 Å². The molecule has 5 nitrogen and oxygen atoms in total. The number of rotatable bonds is 4. The number of hydrogen-bond acceptors (Lipinski definition) is 4. The summed E-state index contributed by atoms with van der Waals surface area (Å²) in [7, 11) is 0. The second-order valence-electron chi connectivity index (χ2n) is 7.39. The van der Waals surface area contributed by atoms with Crippen LogP contribution < -0.4 is 9.47 Å². The number of hydrogen-bond donors (Lipinski definition) is 0. The van der Waals surface area contributed by atoms with Gasteiger partial charge >= 0.3 is 5.97 Å². The van der Waals surface area contributed by atoms with Crippen molar-refractivity contribution in [3.63, 3.8) is 0 Å². The first-order valence-corrected chi connectivity index (χ1v) is 10.5. The molecule has 5 rings (SSSR count). The smallest absolute Gasteiger partial charge is 0.343 e. The molecule has 1 aromatic heterocycles. The molecule has 0 saturated heterocycles. The molecular weight excluding hydrogens is 426 g/mol. The fourth-order valence-electron chi connectivity index (χ4n) is 3.81. The summed E-state index contributed by atoms with van der Waals surface area (Å²) >= 11 is 5.94. The maximum absolute atomic E-state index is 12.9. The summed E-state index contributed by atoms with van der Waals surface area (Å²) in [5, 5.41) is 1.49. The number of aryl methyl sites for hydroxylation is 1. The number of carbonyl (C=O) groups excluding carboxylic acids is 2. The Balaban J connectivity index is 1.42. The molecule has 1 aliphatic heterocycles. The third kappa shape index (κ3) is 3.57. The summed E-state index contributed by atoms with van der Waals surface area (Å²) in [6.45, 7) is 2.89. The van der Waals surface area contributed by atoms with Crippen LogP contribution in [0.15, 0.2) is 78.7 Å². The summed E-state index contributed by atoms with van der Waals surface area (Å²) in [4.78, 5) is 25.3. The summed E-state index contributed by atoms with van der Waals surface area (Å²) < 4.78 is 13.4. The van der Waals surface area contributed by atoms with Gasteiger partial charge in [-0.2, -0.15) is 0 Å². The molecule has 0 unspecified atom stereocenters. The van der Waals surface area contributed by atoms with Crippen molar-refractivity contribution in [2.45, 2.75) is 13.5 Å². The largest absolute Gasteiger partial charge is 0.452 e. The Bertz CT molecular complexity index is 1420. The molecule has 1 aliphatic rings. The molecule has 0 aliphatic carbocycles. The van der Waals surface area contributed by atoms with E-state index < -0.39 is 5.97 Å². The molecule has 0 fully saturated rings. The average Bonchev–Trinajstić information content (AvgIpc) is 3.31. The number of ketones is 1. The Hall–Kier alpha value is -3.83. The molecule has 32 heavy (non-hydrogen) atoms. The van der Waals surface area contributed by atoms with Crippen LogP contribution in [-0.4, -0.2) is 16.3 Å². The van der Waals surface area contributed by atoms with Gasteiger partial charge in [-0.3, -0.25) is 4.79 Å². The predicted molar refractivity (Wildman–Crippen MR) is 123 cm³/mol. The van der Waals surface area contributed by atoms with E-state index in [-0.39, 0.29) is 17.3 Å². The number of Topliss-reactive ketones (excluding diaryl/α,β-unsaturated/α-hetero) is 1. The van der Waals surface area contributed by atoms with Crippen molar-refractivity contribution in [1.29, 1.82) is 0 Å². The second kappa shape index (κ2) is 8.02. The molecule has 0 spiro atoms. The van der Waals surface area contributed by atoms with Gasteiger partial charge < -0.3 is 14.0 Å². The SMILES string of the molecule is CCn1cc(/C=C2\Oc3cc(OC(=O)c4cccc(Cl)c4)ccc3C2=O)c2ccccc21. The number of nitrogens with zero attached hydrogens (tertiary/aromatic N) is 1. The monoisotopic (exact) mass is 443 g/mol. The Morgan fingerprint density at radius 3 is 2.75 bits per heavy atom. The number of carbonyl (C=O) groups is 2. The third-order valence-corrected chi connectivity index (χ3v) is 5.59. The highest BCUT2D eigenvalue weighted by Crippen LogP contribution is 2.36. The first-order valence-electron chi connectivity index (χ1n) is 10.2. The van der Waals surface area contributed by atoms with Crippen LogP contribution in [0, 0.1) is 0 Å². The van der Waals surface area contributed by atoms with Crippen LogP contribution in [0.3, 0.4) is 0 Å². The molecular formula is C26H18ClNO4. The first-order chi connectivity index (χ1) is 15.5. The molecule has 2 heterocycles. The second-order valence-corrected chi connectivity index (χ2v) is 7.82. The zero-order chi connectivity index (χ0) is 22.2. The molecule has 158 valence electrons. The highest BCUT2D eigenvalue weighted by molar-refractivity contribution is 6.30. The van der Waals surface area contributed by atoms with Crippen molar-refractivity contribution in [2.24, 2.45) is 0 Å². The predicted octanol–water partition coefficient (Wildman–Crippen LogP) is 6.15. The fourth-order valence-corrected chi connectivity index (χ4v) is 4.00. The Labute approximate surface area is 189 Å². The number of fused-ring (bicyclic) bond motifs is 2. The van der Waals surface area contributed by atoms with Gasteiger partial charge in [0.25, 0.3) is 0 Å². The normalized spacial score (nSPS) is 13.9. The van der Waals surface area contributed by atoms with E-state index >= 15 is 0 Å². The topological polar surface area (TPSA) is 57.5 Å². The summed E-state index contributed by atoms with van der Waals surface area (Å²) in [6, 6.07) is 19.3. The number of esters is 1. The van der Waals surface area contributed by atoms with E-state index in [1.807, 2.05) is 30.5 Å².